The van der Waals surface area contributed by atoms with Crippen LogP contribution in [0.4, 0.5) is 5.69 Å². The van der Waals surface area contributed by atoms with Crippen molar-refractivity contribution in [3.8, 4) is 5.75 Å². The van der Waals surface area contributed by atoms with Gasteiger partial charge in [-0.1, -0.05) is 59.6 Å². The first-order valence-corrected chi connectivity index (χ1v) is 16.5. The molecule has 2 amide bonds. The third kappa shape index (κ3) is 8.49. The van der Waals surface area contributed by atoms with Gasteiger partial charge in [0.2, 0.25) is 11.8 Å². The van der Waals surface area contributed by atoms with Crippen LogP contribution >= 0.6 is 27.5 Å². The van der Waals surface area contributed by atoms with Crippen molar-refractivity contribution in [1.82, 2.24) is 10.2 Å². The van der Waals surface area contributed by atoms with Gasteiger partial charge in [-0.2, -0.15) is 0 Å². The van der Waals surface area contributed by atoms with E-state index in [4.69, 9.17) is 16.3 Å². The van der Waals surface area contributed by atoms with Crippen LogP contribution in [0.15, 0.2) is 82.2 Å². The first kappa shape index (κ1) is 33.4. The highest BCUT2D eigenvalue weighted by Gasteiger charge is 2.34. The van der Waals surface area contributed by atoms with E-state index in [-0.39, 0.29) is 29.1 Å². The van der Waals surface area contributed by atoms with Crippen LogP contribution in [0.25, 0.3) is 0 Å². The zero-order valence-corrected chi connectivity index (χ0v) is 27.4. The highest BCUT2D eigenvalue weighted by molar-refractivity contribution is 9.10. The van der Waals surface area contributed by atoms with E-state index >= 15 is 0 Å². The molecule has 0 saturated carbocycles. The molecule has 3 aromatic carbocycles. The number of nitrogens with zero attached hydrogens (tertiary/aromatic N) is 2. The van der Waals surface area contributed by atoms with Gasteiger partial charge in [-0.15, -0.1) is 0 Å². The molecule has 0 fully saturated rings. The van der Waals surface area contributed by atoms with Crippen LogP contribution in [0, 0.1) is 0 Å². The second kappa shape index (κ2) is 15.4. The Labute approximate surface area is 262 Å². The van der Waals surface area contributed by atoms with E-state index < -0.39 is 28.5 Å². The van der Waals surface area contributed by atoms with Gasteiger partial charge in [0.05, 0.1) is 17.2 Å². The summed E-state index contributed by atoms with van der Waals surface area (Å²) < 4.78 is 35.3. The van der Waals surface area contributed by atoms with Crippen LogP contribution in [0.1, 0.15) is 46.1 Å². The van der Waals surface area contributed by atoms with Gasteiger partial charge in [0, 0.05) is 22.1 Å². The summed E-state index contributed by atoms with van der Waals surface area (Å²) in [4.78, 5) is 29.0. The number of benzene rings is 3. The van der Waals surface area contributed by atoms with Crippen LogP contribution < -0.4 is 14.4 Å². The van der Waals surface area contributed by atoms with E-state index in [0.29, 0.717) is 33.8 Å². The summed E-state index contributed by atoms with van der Waals surface area (Å²) in [5.74, 6) is -0.284. The van der Waals surface area contributed by atoms with Gasteiger partial charge >= 0.3 is 0 Å². The van der Waals surface area contributed by atoms with Gasteiger partial charge in [-0.3, -0.25) is 13.9 Å². The molecule has 2 atom stereocenters. The maximum atomic E-state index is 14.2. The number of carbonyl (C=O) groups is 2. The Hall–Kier alpha value is -3.08. The molecule has 0 aliphatic heterocycles. The molecule has 0 spiro atoms. The molecule has 8 nitrogen and oxygen atoms in total. The number of halogens is 2. The Bertz CT molecular complexity index is 1450. The third-order valence-corrected chi connectivity index (χ3v) is 9.49. The molecule has 11 heteroatoms. The summed E-state index contributed by atoms with van der Waals surface area (Å²) >= 11 is 9.80. The maximum absolute atomic E-state index is 14.2. The highest BCUT2D eigenvalue weighted by atomic mass is 79.9. The van der Waals surface area contributed by atoms with Gasteiger partial charge in [0.1, 0.15) is 18.3 Å². The normalized spacial score (nSPS) is 12.7. The number of anilines is 1. The van der Waals surface area contributed by atoms with Crippen molar-refractivity contribution in [3.05, 3.63) is 87.9 Å². The average molecular weight is 679 g/mol. The Kier molecular flexibility index (Phi) is 12.3. The van der Waals surface area contributed by atoms with Crippen LogP contribution in [-0.2, 0) is 26.2 Å². The van der Waals surface area contributed by atoms with E-state index in [9.17, 15) is 18.0 Å². The Morgan fingerprint density at radius 1 is 0.952 bits per heavy atom. The van der Waals surface area contributed by atoms with Crippen molar-refractivity contribution in [1.29, 1.82) is 0 Å². The van der Waals surface area contributed by atoms with Crippen molar-refractivity contribution in [3.63, 3.8) is 0 Å². The van der Waals surface area contributed by atoms with Crippen molar-refractivity contribution in [2.75, 3.05) is 17.5 Å². The smallest absolute Gasteiger partial charge is 0.264 e. The molecule has 0 saturated heterocycles. The van der Waals surface area contributed by atoms with E-state index in [1.165, 1.54) is 17.0 Å². The minimum absolute atomic E-state index is 0.0200. The third-order valence-electron chi connectivity index (χ3n) is 6.80. The molecule has 0 unspecified atom stereocenters. The monoisotopic (exact) mass is 677 g/mol. The summed E-state index contributed by atoms with van der Waals surface area (Å²) in [5.41, 5.74) is 0.926. The van der Waals surface area contributed by atoms with E-state index in [1.54, 1.807) is 60.7 Å². The van der Waals surface area contributed by atoms with Crippen molar-refractivity contribution >= 4 is 55.1 Å². The predicted octanol–water partition coefficient (Wildman–Crippen LogP) is 6.42. The Balaban J connectivity index is 2.07. The van der Waals surface area contributed by atoms with Gasteiger partial charge in [-0.05, 0) is 86.8 Å². The predicted molar refractivity (Wildman–Crippen MR) is 170 cm³/mol. The van der Waals surface area contributed by atoms with Gasteiger partial charge in [-0.25, -0.2) is 8.42 Å². The fourth-order valence-electron chi connectivity index (χ4n) is 4.31. The number of carbonyl (C=O) groups excluding carboxylic acids is 2. The number of rotatable bonds is 14. The minimum Gasteiger partial charge on any atom is -0.494 e. The largest absolute Gasteiger partial charge is 0.494 e. The summed E-state index contributed by atoms with van der Waals surface area (Å²) in [6.07, 6.45) is 1.04. The molecule has 0 aliphatic carbocycles. The summed E-state index contributed by atoms with van der Waals surface area (Å²) in [7, 11) is -4.18. The quantitative estimate of drug-likeness (QED) is 0.212. The topological polar surface area (TPSA) is 96.0 Å². The SMILES string of the molecule is CCOc1ccc(N(CC(=O)N(Cc2ccccc2Cl)[C@H](CC)C(=O)N[C@@H](C)CC)S(=O)(=O)c2ccc(Br)cc2)cc1. The number of amides is 2. The molecule has 0 aliphatic rings. The van der Waals surface area contributed by atoms with Crippen molar-refractivity contribution < 1.29 is 22.7 Å². The lowest BCUT2D eigenvalue weighted by atomic mass is 10.1. The van der Waals surface area contributed by atoms with E-state index in [1.807, 2.05) is 27.7 Å². The molecule has 3 rings (SSSR count). The highest BCUT2D eigenvalue weighted by Crippen LogP contribution is 2.28. The van der Waals surface area contributed by atoms with Crippen LogP contribution in [-0.4, -0.2) is 50.4 Å². The number of hydrogen-bond donors (Lipinski definition) is 1. The number of hydrogen-bond acceptors (Lipinski definition) is 5. The molecule has 0 heterocycles. The van der Waals surface area contributed by atoms with Crippen LogP contribution in [0.5, 0.6) is 5.75 Å². The number of nitrogens with one attached hydrogen (secondary N) is 1. The first-order valence-electron chi connectivity index (χ1n) is 13.9. The molecule has 226 valence electrons. The van der Waals surface area contributed by atoms with Crippen molar-refractivity contribution in [2.24, 2.45) is 0 Å². The zero-order valence-electron chi connectivity index (χ0n) is 24.2. The fourth-order valence-corrected chi connectivity index (χ4v) is 6.18. The molecule has 3 aromatic rings. The summed E-state index contributed by atoms with van der Waals surface area (Å²) in [6.45, 7) is 7.46. The van der Waals surface area contributed by atoms with Crippen LogP contribution in [0.3, 0.4) is 0 Å². The first-order chi connectivity index (χ1) is 20.0. The van der Waals surface area contributed by atoms with Crippen LogP contribution in [0.2, 0.25) is 5.02 Å². The lowest BCUT2D eigenvalue weighted by molar-refractivity contribution is -0.140. The van der Waals surface area contributed by atoms with E-state index in [0.717, 1.165) is 10.7 Å². The lowest BCUT2D eigenvalue weighted by Gasteiger charge is -2.34. The van der Waals surface area contributed by atoms with E-state index in [2.05, 4.69) is 21.2 Å². The molecule has 1 N–H and O–H groups in total. The Morgan fingerprint density at radius 3 is 2.17 bits per heavy atom. The second-order valence-electron chi connectivity index (χ2n) is 9.75. The standard InChI is InChI=1S/C31H37BrClN3O5S/c1-5-22(4)34-31(38)29(6-2)35(20-23-10-8-9-11-28(23)33)30(37)21-36(25-14-16-26(17-15-25)41-7-3)42(39,40)27-18-12-24(32)13-19-27/h8-19,22,29H,5-7,20-21H2,1-4H3,(H,34,38)/t22-,29+/m0/s1. The summed E-state index contributed by atoms with van der Waals surface area (Å²) in [5, 5.41) is 3.41. The molecule has 0 aromatic heterocycles. The lowest BCUT2D eigenvalue weighted by Crippen LogP contribution is -2.53. The molecule has 0 radical (unpaired) electrons. The minimum atomic E-state index is -4.18. The van der Waals surface area contributed by atoms with Crippen molar-refractivity contribution in [2.45, 2.75) is 64.1 Å². The zero-order chi connectivity index (χ0) is 30.9. The van der Waals surface area contributed by atoms with Gasteiger partial charge in [0.25, 0.3) is 10.0 Å². The number of sulfonamides is 1. The molecular formula is C31H37BrClN3O5S. The Morgan fingerprint density at radius 2 is 1.60 bits per heavy atom. The second-order valence-corrected chi connectivity index (χ2v) is 12.9. The van der Waals surface area contributed by atoms with Gasteiger partial charge in [0.15, 0.2) is 0 Å². The van der Waals surface area contributed by atoms with Gasteiger partial charge < -0.3 is 15.0 Å². The fraction of sp³-hybridized carbons (Fsp3) is 0.355. The molecule has 42 heavy (non-hydrogen) atoms. The molecular weight excluding hydrogens is 642 g/mol. The summed E-state index contributed by atoms with van der Waals surface area (Å²) in [6, 6.07) is 18.8. The molecule has 0 bridgehead atoms. The number of ether oxygens (including phenoxy) is 1. The average Bonchev–Trinajstić information content (AvgIpc) is 2.97. The maximum Gasteiger partial charge on any atom is 0.264 e.